The monoisotopic (exact) mass is 483 g/mol. The highest BCUT2D eigenvalue weighted by Crippen LogP contribution is 2.31. The molecule has 0 saturated heterocycles. The number of hydrogen-bond donors (Lipinski definition) is 2. The van der Waals surface area contributed by atoms with Gasteiger partial charge in [0.2, 0.25) is 0 Å². The van der Waals surface area contributed by atoms with Crippen LogP contribution in [0, 0.1) is 0 Å². The molecule has 10 heteroatoms. The smallest absolute Gasteiger partial charge is 0.287 e. The maximum Gasteiger partial charge on any atom is 0.287 e. The lowest BCUT2D eigenvalue weighted by Gasteiger charge is -2.14. The van der Waals surface area contributed by atoms with Gasteiger partial charge in [0.25, 0.3) is 5.91 Å². The molecule has 0 spiro atoms. The van der Waals surface area contributed by atoms with Crippen LogP contribution in [0.25, 0.3) is 0 Å². The van der Waals surface area contributed by atoms with Crippen molar-refractivity contribution >= 4 is 38.9 Å². The van der Waals surface area contributed by atoms with Crippen molar-refractivity contribution in [1.82, 2.24) is 5.32 Å². The number of sulfone groups is 1. The number of aliphatic hydroxyl groups excluding tert-OH is 1. The number of halogens is 2. The molecule has 0 aliphatic rings. The number of ether oxygens (including phenoxy) is 1. The van der Waals surface area contributed by atoms with E-state index in [2.05, 4.69) is 5.32 Å². The molecule has 0 aliphatic carbocycles. The van der Waals surface area contributed by atoms with Gasteiger partial charge in [0.1, 0.15) is 23.5 Å². The summed E-state index contributed by atoms with van der Waals surface area (Å²) in [6, 6.07) is 14.2. The fourth-order valence-electron chi connectivity index (χ4n) is 2.70. The first-order chi connectivity index (χ1) is 14.8. The SMILES string of the molecule is O=C(NCC(O)COc1cccc(Cl)c1Cl)c1occc1CS(=O)(=O)c1ccccc1. The number of hydrogen-bond acceptors (Lipinski definition) is 6. The highest BCUT2D eigenvalue weighted by Gasteiger charge is 2.23. The van der Waals surface area contributed by atoms with Crippen molar-refractivity contribution in [2.75, 3.05) is 13.2 Å². The summed E-state index contributed by atoms with van der Waals surface area (Å²) in [7, 11) is -3.65. The average molecular weight is 484 g/mol. The van der Waals surface area contributed by atoms with Crippen LogP contribution in [0.2, 0.25) is 10.0 Å². The van der Waals surface area contributed by atoms with Gasteiger partial charge in [0.05, 0.1) is 21.9 Å². The summed E-state index contributed by atoms with van der Waals surface area (Å²) in [6.07, 6.45) is 0.191. The zero-order chi connectivity index (χ0) is 22.4. The van der Waals surface area contributed by atoms with E-state index in [-0.39, 0.29) is 34.4 Å². The molecule has 0 radical (unpaired) electrons. The Hall–Kier alpha value is -2.52. The van der Waals surface area contributed by atoms with Crippen LogP contribution in [-0.4, -0.2) is 38.7 Å². The van der Waals surface area contributed by atoms with E-state index in [0.717, 1.165) is 0 Å². The van der Waals surface area contributed by atoms with Crippen molar-refractivity contribution in [2.24, 2.45) is 0 Å². The number of nitrogens with one attached hydrogen (secondary N) is 1. The van der Waals surface area contributed by atoms with E-state index in [1.54, 1.807) is 36.4 Å². The second kappa shape index (κ2) is 10.2. The number of benzene rings is 2. The Bertz CT molecular complexity index is 1150. The first-order valence-corrected chi connectivity index (χ1v) is 11.6. The summed E-state index contributed by atoms with van der Waals surface area (Å²) >= 11 is 11.9. The number of carbonyl (C=O) groups excluding carboxylic acids is 1. The molecule has 0 aliphatic heterocycles. The van der Waals surface area contributed by atoms with Gasteiger partial charge >= 0.3 is 0 Å². The first kappa shape index (κ1) is 23.1. The molecule has 0 saturated carbocycles. The van der Waals surface area contributed by atoms with Gasteiger partial charge in [0.15, 0.2) is 15.6 Å². The summed E-state index contributed by atoms with van der Waals surface area (Å²) in [5.41, 5.74) is 0.220. The minimum atomic E-state index is -3.65. The molecule has 1 atom stereocenters. The van der Waals surface area contributed by atoms with Gasteiger partial charge in [-0.2, -0.15) is 0 Å². The molecule has 3 rings (SSSR count). The quantitative estimate of drug-likeness (QED) is 0.480. The van der Waals surface area contributed by atoms with Gasteiger partial charge in [-0.15, -0.1) is 0 Å². The molecule has 31 heavy (non-hydrogen) atoms. The molecule has 1 aromatic heterocycles. The molecular weight excluding hydrogens is 465 g/mol. The summed E-state index contributed by atoms with van der Waals surface area (Å²) in [6.45, 7) is -0.295. The number of aliphatic hydroxyl groups is 1. The molecule has 0 bridgehead atoms. The van der Waals surface area contributed by atoms with Gasteiger partial charge in [-0.05, 0) is 30.3 Å². The molecule has 1 heterocycles. The lowest BCUT2D eigenvalue weighted by molar-refractivity contribution is 0.0821. The van der Waals surface area contributed by atoms with E-state index in [9.17, 15) is 18.3 Å². The van der Waals surface area contributed by atoms with Crippen molar-refractivity contribution in [3.05, 3.63) is 82.2 Å². The third kappa shape index (κ3) is 6.01. The zero-order valence-electron chi connectivity index (χ0n) is 16.1. The number of amides is 1. The first-order valence-electron chi connectivity index (χ1n) is 9.15. The Balaban J connectivity index is 1.57. The van der Waals surface area contributed by atoms with Crippen LogP contribution in [-0.2, 0) is 15.6 Å². The maximum absolute atomic E-state index is 12.6. The predicted molar refractivity (Wildman–Crippen MR) is 116 cm³/mol. The van der Waals surface area contributed by atoms with Crippen molar-refractivity contribution in [1.29, 1.82) is 0 Å². The lowest BCUT2D eigenvalue weighted by atomic mass is 10.2. The lowest BCUT2D eigenvalue weighted by Crippen LogP contribution is -2.35. The Morgan fingerprint density at radius 1 is 1.10 bits per heavy atom. The van der Waals surface area contributed by atoms with Gasteiger partial charge < -0.3 is 19.6 Å². The highest BCUT2D eigenvalue weighted by molar-refractivity contribution is 7.90. The van der Waals surface area contributed by atoms with E-state index in [4.69, 9.17) is 32.4 Å². The van der Waals surface area contributed by atoms with Crippen molar-refractivity contribution in [3.63, 3.8) is 0 Å². The minimum Gasteiger partial charge on any atom is -0.489 e. The second-order valence-corrected chi connectivity index (χ2v) is 9.35. The Labute approximate surface area is 189 Å². The van der Waals surface area contributed by atoms with Crippen molar-refractivity contribution in [2.45, 2.75) is 16.8 Å². The van der Waals surface area contributed by atoms with Crippen LogP contribution in [0.1, 0.15) is 16.1 Å². The third-order valence-electron chi connectivity index (χ3n) is 4.25. The Kier molecular flexibility index (Phi) is 7.61. The van der Waals surface area contributed by atoms with Crippen LogP contribution >= 0.6 is 23.2 Å². The third-order valence-corrected chi connectivity index (χ3v) is 6.73. The van der Waals surface area contributed by atoms with E-state index >= 15 is 0 Å². The second-order valence-electron chi connectivity index (χ2n) is 6.57. The van der Waals surface area contributed by atoms with Crippen molar-refractivity contribution < 1.29 is 27.5 Å². The standard InChI is InChI=1S/C21H19Cl2NO6S/c22-17-7-4-8-18(19(17)23)30-12-15(25)11-24-21(26)20-14(9-10-29-20)13-31(27,28)16-5-2-1-3-6-16/h1-10,15,25H,11-13H2,(H,24,26). The van der Waals surface area contributed by atoms with Crippen LogP contribution in [0.4, 0.5) is 0 Å². The Morgan fingerprint density at radius 3 is 2.58 bits per heavy atom. The van der Waals surface area contributed by atoms with E-state index in [1.807, 2.05) is 0 Å². The van der Waals surface area contributed by atoms with Crippen LogP contribution < -0.4 is 10.1 Å². The summed E-state index contributed by atoms with van der Waals surface area (Å²) in [5.74, 6) is -0.873. The van der Waals surface area contributed by atoms with Gasteiger partial charge in [-0.1, -0.05) is 47.5 Å². The molecule has 1 amide bonds. The fourth-order valence-corrected chi connectivity index (χ4v) is 4.42. The van der Waals surface area contributed by atoms with Crippen LogP contribution in [0.3, 0.4) is 0 Å². The molecule has 7 nitrogen and oxygen atoms in total. The van der Waals surface area contributed by atoms with Crippen LogP contribution in [0.5, 0.6) is 5.75 Å². The van der Waals surface area contributed by atoms with Crippen molar-refractivity contribution in [3.8, 4) is 5.75 Å². The van der Waals surface area contributed by atoms with E-state index in [0.29, 0.717) is 10.8 Å². The molecule has 0 fully saturated rings. The Morgan fingerprint density at radius 2 is 1.84 bits per heavy atom. The number of carbonyl (C=O) groups is 1. The molecule has 2 aromatic carbocycles. The topological polar surface area (TPSA) is 106 Å². The van der Waals surface area contributed by atoms with Gasteiger partial charge in [0, 0.05) is 12.1 Å². The molecule has 164 valence electrons. The highest BCUT2D eigenvalue weighted by atomic mass is 35.5. The normalized spacial score (nSPS) is 12.4. The summed E-state index contributed by atoms with van der Waals surface area (Å²) in [4.78, 5) is 12.6. The molecular formula is C21H19Cl2NO6S. The van der Waals surface area contributed by atoms with E-state index in [1.165, 1.54) is 24.5 Å². The van der Waals surface area contributed by atoms with Crippen LogP contribution in [0.15, 0.2) is 70.2 Å². The minimum absolute atomic E-state index is 0.134. The average Bonchev–Trinajstić information content (AvgIpc) is 3.21. The predicted octanol–water partition coefficient (Wildman–Crippen LogP) is 3.73. The van der Waals surface area contributed by atoms with Gasteiger partial charge in [-0.3, -0.25) is 4.79 Å². The molecule has 2 N–H and O–H groups in total. The number of furan rings is 1. The zero-order valence-corrected chi connectivity index (χ0v) is 18.5. The fraction of sp³-hybridized carbons (Fsp3) is 0.190. The number of rotatable bonds is 9. The van der Waals surface area contributed by atoms with Gasteiger partial charge in [-0.25, -0.2) is 8.42 Å². The summed E-state index contributed by atoms with van der Waals surface area (Å²) in [5, 5.41) is 13.1. The maximum atomic E-state index is 12.6. The largest absolute Gasteiger partial charge is 0.489 e. The molecule has 1 unspecified atom stereocenters. The van der Waals surface area contributed by atoms with E-state index < -0.39 is 27.6 Å². The summed E-state index contributed by atoms with van der Waals surface area (Å²) < 4.78 is 35.7. The molecule has 3 aromatic rings.